The molecule has 6 heteroatoms. The van der Waals surface area contributed by atoms with Crippen molar-refractivity contribution < 1.29 is 9.59 Å². The Morgan fingerprint density at radius 2 is 1.76 bits per heavy atom. The molecule has 1 aromatic heterocycles. The number of para-hydroxylation sites is 1. The molecule has 2 N–H and O–H groups in total. The molecule has 1 aliphatic heterocycles. The third-order valence-electron chi connectivity index (χ3n) is 4.81. The van der Waals surface area contributed by atoms with E-state index in [4.69, 9.17) is 0 Å². The van der Waals surface area contributed by atoms with Gasteiger partial charge in [0.25, 0.3) is 5.91 Å². The molecule has 146 valence electrons. The molecule has 0 fully saturated rings. The van der Waals surface area contributed by atoms with Crippen LogP contribution in [0.15, 0.2) is 66.9 Å². The van der Waals surface area contributed by atoms with E-state index in [1.807, 2.05) is 53.4 Å². The highest BCUT2D eigenvalue weighted by Gasteiger charge is 2.24. The number of benzene rings is 2. The number of aryl methyl sites for hydroxylation is 1. The zero-order chi connectivity index (χ0) is 20.2. The van der Waals surface area contributed by atoms with Crippen LogP contribution in [0.4, 0.5) is 22.7 Å². The van der Waals surface area contributed by atoms with E-state index in [-0.39, 0.29) is 11.8 Å². The van der Waals surface area contributed by atoms with Gasteiger partial charge in [0.2, 0.25) is 5.91 Å². The van der Waals surface area contributed by atoms with Crippen molar-refractivity contribution in [2.24, 2.45) is 0 Å². The molecule has 0 aliphatic carbocycles. The molecule has 2 aromatic carbocycles. The Hall–Kier alpha value is -3.67. The Morgan fingerprint density at radius 1 is 0.966 bits per heavy atom. The molecular formula is C23H22N4O2. The van der Waals surface area contributed by atoms with Gasteiger partial charge in [-0.05, 0) is 54.8 Å². The summed E-state index contributed by atoms with van der Waals surface area (Å²) in [6.45, 7) is 2.16. The van der Waals surface area contributed by atoms with Gasteiger partial charge in [0, 0.05) is 42.4 Å². The molecule has 2 heterocycles. The zero-order valence-electron chi connectivity index (χ0n) is 16.2. The average molecular weight is 386 g/mol. The summed E-state index contributed by atoms with van der Waals surface area (Å²) in [5.41, 5.74) is 4.82. The topological polar surface area (TPSA) is 74.3 Å². The number of fused-ring (bicyclic) bond motifs is 1. The number of nitrogens with one attached hydrogen (secondary N) is 2. The maximum Gasteiger partial charge on any atom is 0.276 e. The fraction of sp³-hybridized carbons (Fsp3) is 0.174. The third kappa shape index (κ3) is 4.27. The summed E-state index contributed by atoms with van der Waals surface area (Å²) in [5, 5.41) is 6.03. The first-order valence-electron chi connectivity index (χ1n) is 9.61. The molecule has 3 aromatic rings. The molecule has 1 aliphatic rings. The fourth-order valence-electron chi connectivity index (χ4n) is 3.55. The first-order valence-corrected chi connectivity index (χ1v) is 9.61. The van der Waals surface area contributed by atoms with E-state index in [1.54, 1.807) is 12.3 Å². The minimum Gasteiger partial charge on any atom is -0.355 e. The van der Waals surface area contributed by atoms with E-state index in [1.165, 1.54) is 12.5 Å². The summed E-state index contributed by atoms with van der Waals surface area (Å²) in [4.78, 5) is 30.5. The van der Waals surface area contributed by atoms with Crippen molar-refractivity contribution in [3.8, 4) is 0 Å². The van der Waals surface area contributed by atoms with Crippen LogP contribution in [0.1, 0.15) is 29.4 Å². The zero-order valence-corrected chi connectivity index (χ0v) is 16.2. The number of aromatic nitrogens is 1. The van der Waals surface area contributed by atoms with Crippen molar-refractivity contribution in [2.45, 2.75) is 19.8 Å². The SMILES string of the molecule is CC(=O)Nc1cccc(Nc2ccnc(C(=O)N3CCCc4ccccc43)c2)c1. The second-order valence-electron chi connectivity index (χ2n) is 7.01. The molecule has 4 rings (SSSR count). The molecular weight excluding hydrogens is 364 g/mol. The van der Waals surface area contributed by atoms with Crippen LogP contribution in [0.2, 0.25) is 0 Å². The Morgan fingerprint density at radius 3 is 2.62 bits per heavy atom. The van der Waals surface area contributed by atoms with Crippen LogP contribution in [-0.2, 0) is 11.2 Å². The van der Waals surface area contributed by atoms with Crippen LogP contribution < -0.4 is 15.5 Å². The second-order valence-corrected chi connectivity index (χ2v) is 7.01. The van der Waals surface area contributed by atoms with E-state index >= 15 is 0 Å². The van der Waals surface area contributed by atoms with Crippen molar-refractivity contribution >= 4 is 34.6 Å². The largest absolute Gasteiger partial charge is 0.355 e. The van der Waals surface area contributed by atoms with Gasteiger partial charge in [-0.15, -0.1) is 0 Å². The quantitative estimate of drug-likeness (QED) is 0.698. The van der Waals surface area contributed by atoms with Crippen molar-refractivity contribution in [2.75, 3.05) is 22.1 Å². The Balaban J connectivity index is 1.55. The number of carbonyl (C=O) groups is 2. The summed E-state index contributed by atoms with van der Waals surface area (Å²) < 4.78 is 0. The summed E-state index contributed by atoms with van der Waals surface area (Å²) >= 11 is 0. The Labute approximate surface area is 169 Å². The molecule has 0 radical (unpaired) electrons. The van der Waals surface area contributed by atoms with Crippen LogP contribution in [-0.4, -0.2) is 23.3 Å². The first kappa shape index (κ1) is 18.7. The van der Waals surface area contributed by atoms with Crippen LogP contribution in [0, 0.1) is 0 Å². The molecule has 6 nitrogen and oxygen atoms in total. The van der Waals surface area contributed by atoms with Gasteiger partial charge in [0.05, 0.1) is 0 Å². The highest BCUT2D eigenvalue weighted by atomic mass is 16.2. The van der Waals surface area contributed by atoms with E-state index in [0.717, 1.165) is 29.9 Å². The molecule has 0 saturated carbocycles. The van der Waals surface area contributed by atoms with Crippen molar-refractivity contribution in [1.82, 2.24) is 4.98 Å². The monoisotopic (exact) mass is 386 g/mol. The number of anilines is 4. The summed E-state index contributed by atoms with van der Waals surface area (Å²) in [5.74, 6) is -0.228. The Kier molecular flexibility index (Phi) is 5.24. The highest BCUT2D eigenvalue weighted by molar-refractivity contribution is 6.06. The number of pyridine rings is 1. The van der Waals surface area contributed by atoms with Crippen molar-refractivity contribution in [3.63, 3.8) is 0 Å². The number of nitrogens with zero attached hydrogens (tertiary/aromatic N) is 2. The van der Waals surface area contributed by atoms with E-state index in [0.29, 0.717) is 17.9 Å². The number of carbonyl (C=O) groups excluding carboxylic acids is 2. The predicted molar refractivity (Wildman–Crippen MR) is 115 cm³/mol. The van der Waals surface area contributed by atoms with Crippen LogP contribution in [0.3, 0.4) is 0 Å². The molecule has 0 atom stereocenters. The standard InChI is InChI=1S/C23H22N4O2/c1-16(28)25-18-8-4-9-19(14-18)26-20-11-12-24-21(15-20)23(29)27-13-5-7-17-6-2-3-10-22(17)27/h2-4,6,8-12,14-15H,5,7,13H2,1H3,(H,24,26)(H,25,28). The molecule has 2 amide bonds. The highest BCUT2D eigenvalue weighted by Crippen LogP contribution is 2.28. The van der Waals surface area contributed by atoms with Crippen LogP contribution >= 0.6 is 0 Å². The fourth-order valence-corrected chi connectivity index (χ4v) is 3.55. The summed E-state index contributed by atoms with van der Waals surface area (Å²) in [6, 6.07) is 19.0. The maximum absolute atomic E-state index is 13.1. The number of hydrogen-bond acceptors (Lipinski definition) is 4. The number of amides is 2. The minimum absolute atomic E-state index is 0.104. The minimum atomic E-state index is -0.124. The van der Waals surface area contributed by atoms with Gasteiger partial charge in [-0.2, -0.15) is 0 Å². The first-order chi connectivity index (χ1) is 14.1. The second kappa shape index (κ2) is 8.14. The van der Waals surface area contributed by atoms with Gasteiger partial charge < -0.3 is 15.5 Å². The van der Waals surface area contributed by atoms with Gasteiger partial charge in [-0.1, -0.05) is 24.3 Å². The summed E-state index contributed by atoms with van der Waals surface area (Å²) in [6.07, 6.45) is 3.55. The molecule has 0 spiro atoms. The lowest BCUT2D eigenvalue weighted by molar-refractivity contribution is -0.114. The van der Waals surface area contributed by atoms with Gasteiger partial charge in [-0.25, -0.2) is 0 Å². The summed E-state index contributed by atoms with van der Waals surface area (Å²) in [7, 11) is 0. The molecule has 29 heavy (non-hydrogen) atoms. The van der Waals surface area contributed by atoms with E-state index < -0.39 is 0 Å². The average Bonchev–Trinajstić information content (AvgIpc) is 2.73. The predicted octanol–water partition coefficient (Wildman–Crippen LogP) is 4.38. The molecule has 0 unspecified atom stereocenters. The van der Waals surface area contributed by atoms with Crippen LogP contribution in [0.25, 0.3) is 0 Å². The Bertz CT molecular complexity index is 1060. The number of rotatable bonds is 4. The lowest BCUT2D eigenvalue weighted by Gasteiger charge is -2.29. The smallest absolute Gasteiger partial charge is 0.276 e. The van der Waals surface area contributed by atoms with Crippen molar-refractivity contribution in [1.29, 1.82) is 0 Å². The normalized spacial score (nSPS) is 12.8. The lowest BCUT2D eigenvalue weighted by atomic mass is 10.0. The van der Waals surface area contributed by atoms with E-state index in [9.17, 15) is 9.59 Å². The molecule has 0 bridgehead atoms. The number of hydrogen-bond donors (Lipinski definition) is 2. The van der Waals surface area contributed by atoms with Gasteiger partial charge >= 0.3 is 0 Å². The third-order valence-corrected chi connectivity index (χ3v) is 4.81. The van der Waals surface area contributed by atoms with Gasteiger partial charge in [0.15, 0.2) is 0 Å². The van der Waals surface area contributed by atoms with Gasteiger partial charge in [-0.3, -0.25) is 14.6 Å². The maximum atomic E-state index is 13.1. The molecule has 0 saturated heterocycles. The lowest BCUT2D eigenvalue weighted by Crippen LogP contribution is -2.35. The van der Waals surface area contributed by atoms with Crippen molar-refractivity contribution in [3.05, 3.63) is 78.1 Å². The van der Waals surface area contributed by atoms with E-state index in [2.05, 4.69) is 21.7 Å². The van der Waals surface area contributed by atoms with Crippen LogP contribution in [0.5, 0.6) is 0 Å². The van der Waals surface area contributed by atoms with Gasteiger partial charge in [0.1, 0.15) is 5.69 Å².